The summed E-state index contributed by atoms with van der Waals surface area (Å²) >= 11 is 0. The largest absolute Gasteiger partial charge is 0.276 e. The molecule has 1 rings (SSSR count). The minimum absolute atomic E-state index is 0.154. The van der Waals surface area contributed by atoms with Crippen molar-refractivity contribution in [3.05, 3.63) is 30.9 Å². The smallest absolute Gasteiger partial charge is 0.231 e. The Morgan fingerprint density at radius 1 is 1.05 bits per heavy atom. The summed E-state index contributed by atoms with van der Waals surface area (Å²) in [6.07, 6.45) is 21.2. The third kappa shape index (κ3) is 7.93. The fraction of sp³-hybridized carbons (Fsp3) is 0.647. The molecule has 0 aliphatic heterocycles. The first-order chi connectivity index (χ1) is 9.84. The molecule has 0 unspecified atom stereocenters. The maximum atomic E-state index is 11.7. The number of hydrogen-bond acceptors (Lipinski definition) is 2. The van der Waals surface area contributed by atoms with Crippen LogP contribution >= 0.6 is 0 Å². The van der Waals surface area contributed by atoms with E-state index in [2.05, 4.69) is 24.1 Å². The van der Waals surface area contributed by atoms with E-state index >= 15 is 0 Å². The molecule has 1 aromatic rings. The predicted octanol–water partition coefficient (Wildman–Crippen LogP) is 5.00. The number of unbranched alkanes of at least 4 members (excludes halogenated alkanes) is 7. The highest BCUT2D eigenvalue weighted by atomic mass is 16.2. The number of carbonyl (C=O) groups excluding carboxylic acids is 1. The Labute approximate surface area is 123 Å². The van der Waals surface area contributed by atoms with Gasteiger partial charge in [0.1, 0.15) is 6.33 Å². The Balaban J connectivity index is 1.88. The van der Waals surface area contributed by atoms with Gasteiger partial charge in [0, 0.05) is 18.8 Å². The number of rotatable bonds is 11. The zero-order valence-corrected chi connectivity index (χ0v) is 12.8. The lowest BCUT2D eigenvalue weighted by atomic mass is 10.1. The molecule has 0 aromatic carbocycles. The first kappa shape index (κ1) is 16.7. The molecule has 0 atom stereocenters. The molecule has 3 nitrogen and oxygen atoms in total. The van der Waals surface area contributed by atoms with Crippen LogP contribution < -0.4 is 0 Å². The zero-order chi connectivity index (χ0) is 14.5. The maximum absolute atomic E-state index is 11.7. The number of aromatic nitrogens is 2. The van der Waals surface area contributed by atoms with Crippen LogP contribution in [0.5, 0.6) is 0 Å². The van der Waals surface area contributed by atoms with Crippen LogP contribution in [0.2, 0.25) is 0 Å². The molecule has 3 heteroatoms. The van der Waals surface area contributed by atoms with E-state index in [4.69, 9.17) is 0 Å². The van der Waals surface area contributed by atoms with E-state index in [1.807, 2.05) is 0 Å². The molecule has 0 aliphatic carbocycles. The van der Waals surface area contributed by atoms with Gasteiger partial charge in [-0.3, -0.25) is 9.36 Å². The van der Waals surface area contributed by atoms with E-state index in [0.717, 1.165) is 12.8 Å². The maximum Gasteiger partial charge on any atom is 0.231 e. The van der Waals surface area contributed by atoms with E-state index in [-0.39, 0.29) is 5.91 Å². The fourth-order valence-corrected chi connectivity index (χ4v) is 2.16. The molecular formula is C17H28N2O. The molecular weight excluding hydrogens is 248 g/mol. The van der Waals surface area contributed by atoms with Crippen LogP contribution in [0.1, 0.15) is 75.9 Å². The van der Waals surface area contributed by atoms with Crippen molar-refractivity contribution in [2.75, 3.05) is 0 Å². The Morgan fingerprint density at radius 3 is 2.45 bits per heavy atom. The van der Waals surface area contributed by atoms with E-state index < -0.39 is 0 Å². The Kier molecular flexibility index (Phi) is 9.54. The Bertz CT molecular complexity index is 368. The Morgan fingerprint density at radius 2 is 1.75 bits per heavy atom. The highest BCUT2D eigenvalue weighted by Crippen LogP contribution is 2.09. The summed E-state index contributed by atoms with van der Waals surface area (Å²) in [7, 11) is 0. The van der Waals surface area contributed by atoms with Crippen molar-refractivity contribution < 1.29 is 4.79 Å². The summed E-state index contributed by atoms with van der Waals surface area (Å²) in [5.41, 5.74) is 0. The number of nitrogens with zero attached hydrogens (tertiary/aromatic N) is 2. The van der Waals surface area contributed by atoms with Gasteiger partial charge in [0.2, 0.25) is 5.91 Å². The van der Waals surface area contributed by atoms with Crippen LogP contribution in [-0.4, -0.2) is 15.5 Å². The van der Waals surface area contributed by atoms with Crippen LogP contribution in [0.4, 0.5) is 0 Å². The molecule has 0 fully saturated rings. The number of imidazole rings is 1. The quantitative estimate of drug-likeness (QED) is 0.421. The SMILES string of the molecule is CCCC/C=C\CCCCCCCC(=O)n1ccnc1. The molecule has 0 aliphatic rings. The van der Waals surface area contributed by atoms with Gasteiger partial charge in [0.05, 0.1) is 0 Å². The van der Waals surface area contributed by atoms with Gasteiger partial charge in [-0.25, -0.2) is 4.98 Å². The number of allylic oxidation sites excluding steroid dienone is 2. The van der Waals surface area contributed by atoms with Crippen molar-refractivity contribution in [1.29, 1.82) is 0 Å². The van der Waals surface area contributed by atoms with E-state index in [9.17, 15) is 4.79 Å². The first-order valence-electron chi connectivity index (χ1n) is 8.00. The van der Waals surface area contributed by atoms with Crippen LogP contribution in [0, 0.1) is 0 Å². The van der Waals surface area contributed by atoms with E-state index in [0.29, 0.717) is 6.42 Å². The average molecular weight is 276 g/mol. The van der Waals surface area contributed by atoms with Crippen molar-refractivity contribution in [1.82, 2.24) is 9.55 Å². The average Bonchev–Trinajstić information content (AvgIpc) is 2.99. The zero-order valence-electron chi connectivity index (χ0n) is 12.8. The van der Waals surface area contributed by atoms with E-state index in [1.54, 1.807) is 23.3 Å². The molecule has 0 amide bonds. The lowest BCUT2D eigenvalue weighted by Crippen LogP contribution is -2.07. The van der Waals surface area contributed by atoms with Crippen LogP contribution in [0.25, 0.3) is 0 Å². The van der Waals surface area contributed by atoms with Crippen molar-refractivity contribution >= 4 is 5.91 Å². The minimum Gasteiger partial charge on any atom is -0.276 e. The second kappa shape index (κ2) is 11.4. The third-order valence-corrected chi connectivity index (χ3v) is 3.44. The highest BCUT2D eigenvalue weighted by Gasteiger charge is 2.02. The van der Waals surface area contributed by atoms with Crippen molar-refractivity contribution in [2.24, 2.45) is 0 Å². The van der Waals surface area contributed by atoms with Gasteiger partial charge in [0.25, 0.3) is 0 Å². The van der Waals surface area contributed by atoms with Gasteiger partial charge >= 0.3 is 0 Å². The normalized spacial score (nSPS) is 11.2. The van der Waals surface area contributed by atoms with Gasteiger partial charge in [-0.2, -0.15) is 0 Å². The number of carbonyl (C=O) groups is 1. The molecule has 0 spiro atoms. The second-order valence-corrected chi connectivity index (χ2v) is 5.28. The molecule has 112 valence electrons. The van der Waals surface area contributed by atoms with Gasteiger partial charge in [-0.1, -0.05) is 51.2 Å². The van der Waals surface area contributed by atoms with Crippen molar-refractivity contribution in [3.63, 3.8) is 0 Å². The third-order valence-electron chi connectivity index (χ3n) is 3.44. The van der Waals surface area contributed by atoms with Crippen LogP contribution in [0.3, 0.4) is 0 Å². The summed E-state index contributed by atoms with van der Waals surface area (Å²) in [4.78, 5) is 15.6. The van der Waals surface area contributed by atoms with Gasteiger partial charge in [0.15, 0.2) is 0 Å². The second-order valence-electron chi connectivity index (χ2n) is 5.28. The monoisotopic (exact) mass is 276 g/mol. The molecule has 1 heterocycles. The van der Waals surface area contributed by atoms with Gasteiger partial charge < -0.3 is 0 Å². The van der Waals surface area contributed by atoms with Crippen LogP contribution in [0.15, 0.2) is 30.9 Å². The Hall–Kier alpha value is -1.38. The molecule has 0 radical (unpaired) electrons. The van der Waals surface area contributed by atoms with E-state index in [1.165, 1.54) is 44.9 Å². The number of hydrogen-bond donors (Lipinski definition) is 0. The molecule has 20 heavy (non-hydrogen) atoms. The minimum atomic E-state index is 0.154. The summed E-state index contributed by atoms with van der Waals surface area (Å²) in [6, 6.07) is 0. The summed E-state index contributed by atoms with van der Waals surface area (Å²) in [6.45, 7) is 2.23. The highest BCUT2D eigenvalue weighted by molar-refractivity contribution is 5.78. The lowest BCUT2D eigenvalue weighted by molar-refractivity contribution is 0.0899. The first-order valence-corrected chi connectivity index (χ1v) is 8.00. The lowest BCUT2D eigenvalue weighted by Gasteiger charge is -2.01. The molecule has 1 aromatic heterocycles. The summed E-state index contributed by atoms with van der Waals surface area (Å²) < 4.78 is 1.57. The topological polar surface area (TPSA) is 34.9 Å². The van der Waals surface area contributed by atoms with Gasteiger partial charge in [-0.05, 0) is 25.7 Å². The molecule has 0 bridgehead atoms. The molecule has 0 N–H and O–H groups in total. The van der Waals surface area contributed by atoms with Crippen molar-refractivity contribution in [2.45, 2.75) is 71.1 Å². The van der Waals surface area contributed by atoms with Gasteiger partial charge in [-0.15, -0.1) is 0 Å². The molecule has 0 saturated heterocycles. The van der Waals surface area contributed by atoms with Crippen LogP contribution in [-0.2, 0) is 0 Å². The summed E-state index contributed by atoms with van der Waals surface area (Å²) in [5.74, 6) is 0.154. The fourth-order valence-electron chi connectivity index (χ4n) is 2.16. The molecule has 0 saturated carbocycles. The predicted molar refractivity (Wildman–Crippen MR) is 83.8 cm³/mol. The standard InChI is InChI=1S/C17H28N2O/c1-2-3-4-5-6-7-8-9-10-11-12-13-17(20)19-15-14-18-16-19/h5-6,14-16H,2-4,7-13H2,1H3/b6-5-. The van der Waals surface area contributed by atoms with Crippen molar-refractivity contribution in [3.8, 4) is 0 Å². The summed E-state index contributed by atoms with van der Waals surface area (Å²) in [5, 5.41) is 0.